The third kappa shape index (κ3) is 12.4. The van der Waals surface area contributed by atoms with E-state index < -0.39 is 7.92 Å². The van der Waals surface area contributed by atoms with Gasteiger partial charge >= 0.3 is 0 Å². The summed E-state index contributed by atoms with van der Waals surface area (Å²) in [7, 11) is -0.877. The van der Waals surface area contributed by atoms with Crippen LogP contribution in [-0.4, -0.2) is 0 Å². The van der Waals surface area contributed by atoms with Crippen LogP contribution in [0.25, 0.3) is 5.59 Å². The Kier molecular flexibility index (Phi) is 16.9. The Morgan fingerprint density at radius 2 is 0.829 bits per heavy atom. The molecule has 4 heteroatoms. The summed E-state index contributed by atoms with van der Waals surface area (Å²) in [5.41, 5.74) is 8.40. The van der Waals surface area contributed by atoms with Crippen molar-refractivity contribution in [2.24, 2.45) is 0 Å². The Morgan fingerprint density at radius 1 is 0.488 bits per heavy atom. The van der Waals surface area contributed by atoms with Crippen LogP contribution in [0.4, 0.5) is 0 Å². The fraction of sp³-hybridized carbons (Fsp3) is 0.0270. The van der Waals surface area contributed by atoms with E-state index in [0.717, 1.165) is 6.42 Å². The Hall–Kier alpha value is -3.99. The van der Waals surface area contributed by atoms with Gasteiger partial charge in [-0.15, -0.1) is 12.1 Å². The van der Waals surface area contributed by atoms with Crippen molar-refractivity contribution in [3.8, 4) is 0 Å². The molecule has 0 N–H and O–H groups in total. The average Bonchev–Trinajstić information content (AvgIpc) is 3.65. The van der Waals surface area contributed by atoms with E-state index in [1.54, 1.807) is 0 Å². The van der Waals surface area contributed by atoms with Crippen LogP contribution in [0.5, 0.6) is 0 Å². The van der Waals surface area contributed by atoms with E-state index >= 15 is 0 Å². The molecule has 2 nitrogen and oxygen atoms in total. The molecule has 0 aliphatic rings. The van der Waals surface area contributed by atoms with E-state index in [2.05, 4.69) is 146 Å². The Balaban J connectivity index is 0.000000234. The van der Waals surface area contributed by atoms with Gasteiger partial charge in [-0.3, -0.25) is 0 Å². The van der Waals surface area contributed by atoms with Gasteiger partial charge in [0.1, 0.15) is 15.9 Å². The van der Waals surface area contributed by atoms with Gasteiger partial charge in [-0.05, 0) is 36.4 Å². The summed E-state index contributed by atoms with van der Waals surface area (Å²) in [5.74, 6) is 0. The van der Waals surface area contributed by atoms with Crippen molar-refractivity contribution in [3.63, 3.8) is 0 Å². The molecule has 0 amide bonds. The molecule has 0 saturated heterocycles. The standard InChI is InChI=1S/C18H15P.C14H13.C5H5.NO.Re/c1-4-10-16(11-5-1)19(17-12-6-2-7-13-17)18-14-8-3-9-15-18;1-3-7-13(8-4-1)11-12-14-9-5-2-6-10-14;1-2-4-5-3-1;1-2;/h1-15H;1-11H,12H2;1-5H;;/q;3*-1;/p+1. The smallest absolute Gasteiger partial charge is 0.102 e. The zero-order valence-corrected chi connectivity index (χ0v) is 26.6. The molecule has 0 saturated carbocycles. The average molecular weight is 726 g/mol. The third-order valence-corrected chi connectivity index (χ3v) is 8.69. The van der Waals surface area contributed by atoms with Crippen LogP contribution in [0.2, 0.25) is 0 Å². The summed E-state index contributed by atoms with van der Waals surface area (Å²) >= 11 is 0. The van der Waals surface area contributed by atoms with Gasteiger partial charge in [-0.25, -0.2) is 12.1 Å². The molecule has 6 aromatic carbocycles. The second-order valence-electron chi connectivity index (χ2n) is 8.74. The predicted octanol–water partition coefficient (Wildman–Crippen LogP) is 8.38. The third-order valence-electron chi connectivity index (χ3n) is 5.96. The van der Waals surface area contributed by atoms with Crippen molar-refractivity contribution in [1.82, 2.24) is 0 Å². The maximum atomic E-state index is 7.25. The van der Waals surface area contributed by atoms with Gasteiger partial charge in [0.25, 0.3) is 0 Å². The van der Waals surface area contributed by atoms with E-state index in [1.165, 1.54) is 27.0 Å². The summed E-state index contributed by atoms with van der Waals surface area (Å²) in [6, 6.07) is 63.4. The molecule has 41 heavy (non-hydrogen) atoms. The van der Waals surface area contributed by atoms with Crippen molar-refractivity contribution in [1.29, 1.82) is 0 Å². The van der Waals surface area contributed by atoms with Crippen LogP contribution in [0, 0.1) is 11.3 Å². The van der Waals surface area contributed by atoms with Gasteiger partial charge in [0.15, 0.2) is 0 Å². The topological polar surface area (TPSA) is 39.4 Å². The van der Waals surface area contributed by atoms with Crippen LogP contribution in [0.15, 0.2) is 182 Å². The van der Waals surface area contributed by atoms with Crippen LogP contribution in [0.1, 0.15) is 11.1 Å². The minimum absolute atomic E-state index is 0. The van der Waals surface area contributed by atoms with Crippen molar-refractivity contribution >= 4 is 23.8 Å². The van der Waals surface area contributed by atoms with Crippen molar-refractivity contribution < 1.29 is 20.4 Å². The SMILES string of the molecule is [N-]=O.[Re].c1cc[cH-]c1.c1ccc([CH-]Cc2ccccc2)cc1.c1ccc([PH+](c2ccccc2)c2ccccc2)cc1. The molecule has 0 heterocycles. The van der Waals surface area contributed by atoms with E-state index in [9.17, 15) is 0 Å². The van der Waals surface area contributed by atoms with Crippen LogP contribution < -0.4 is 15.9 Å². The number of nitroso groups, excluding NO2 is 1. The largest absolute Gasteiger partial charge is 0.577 e. The first-order chi connectivity index (χ1) is 19.9. The number of benzene rings is 5. The first-order valence-corrected chi connectivity index (χ1v) is 14.7. The molecule has 6 aromatic rings. The predicted molar refractivity (Wildman–Crippen MR) is 175 cm³/mol. The summed E-state index contributed by atoms with van der Waals surface area (Å²) in [6.45, 7) is 0. The molecular weight excluding hydrogens is 692 g/mol. The Labute approximate surface area is 259 Å². The number of nitrogens with zero attached hydrogens (tertiary/aromatic N) is 1. The zero-order valence-electron chi connectivity index (χ0n) is 22.8. The molecule has 0 unspecified atom stereocenters. The molecule has 0 bridgehead atoms. The molecule has 0 aliphatic carbocycles. The molecular formula is C37H34NOPRe-2. The van der Waals surface area contributed by atoms with Crippen molar-refractivity contribution in [2.75, 3.05) is 0 Å². The number of hydrogen-bond donors (Lipinski definition) is 0. The molecule has 0 fully saturated rings. The van der Waals surface area contributed by atoms with Gasteiger partial charge in [-0.2, -0.15) is 42.3 Å². The van der Waals surface area contributed by atoms with E-state index in [0.29, 0.717) is 0 Å². The van der Waals surface area contributed by atoms with Crippen LogP contribution >= 0.6 is 7.92 Å². The van der Waals surface area contributed by atoms with E-state index in [-0.39, 0.29) is 20.4 Å². The normalized spacial score (nSPS) is 9.29. The molecule has 0 aliphatic heterocycles. The maximum absolute atomic E-state index is 7.25. The summed E-state index contributed by atoms with van der Waals surface area (Å²) < 4.78 is 0. The molecule has 0 atom stereocenters. The summed E-state index contributed by atoms with van der Waals surface area (Å²) in [6.07, 6.45) is 3.25. The second-order valence-corrected chi connectivity index (χ2v) is 11.2. The van der Waals surface area contributed by atoms with Gasteiger partial charge < -0.3 is 10.5 Å². The first-order valence-electron chi connectivity index (χ1n) is 13.2. The fourth-order valence-corrected chi connectivity index (χ4v) is 6.65. The second kappa shape index (κ2) is 20.9. The molecule has 0 spiro atoms. The zero-order chi connectivity index (χ0) is 28.1. The van der Waals surface area contributed by atoms with Gasteiger partial charge in [0, 0.05) is 20.4 Å². The maximum Gasteiger partial charge on any atom is 0.102 e. The van der Waals surface area contributed by atoms with E-state index in [4.69, 9.17) is 10.5 Å². The molecule has 1 radical (unpaired) electrons. The Bertz CT molecular complexity index is 1250. The monoisotopic (exact) mass is 726 g/mol. The first kappa shape index (κ1) is 33.2. The van der Waals surface area contributed by atoms with Crippen LogP contribution in [0.3, 0.4) is 0 Å². The van der Waals surface area contributed by atoms with E-state index in [1.807, 2.05) is 42.5 Å². The molecule has 6 rings (SSSR count). The van der Waals surface area contributed by atoms with Gasteiger partial charge in [-0.1, -0.05) is 103 Å². The van der Waals surface area contributed by atoms with Gasteiger partial charge in [0.2, 0.25) is 0 Å². The summed E-state index contributed by atoms with van der Waals surface area (Å²) in [5, 5.41) is 4.31. The molecule has 207 valence electrons. The Morgan fingerprint density at radius 3 is 1.17 bits per heavy atom. The van der Waals surface area contributed by atoms with Crippen molar-refractivity contribution in [2.45, 2.75) is 6.42 Å². The minimum Gasteiger partial charge on any atom is -0.577 e. The van der Waals surface area contributed by atoms with Crippen molar-refractivity contribution in [3.05, 3.63) is 210 Å². The van der Waals surface area contributed by atoms with Crippen LogP contribution in [-0.2, 0) is 26.8 Å². The van der Waals surface area contributed by atoms with Gasteiger partial charge in [0.05, 0.1) is 7.92 Å². The number of rotatable bonds is 6. The fourth-order valence-electron chi connectivity index (χ4n) is 4.07. The number of hydrogen-bond acceptors (Lipinski definition) is 1. The quantitative estimate of drug-likeness (QED) is 0.126. The molecule has 0 aromatic heterocycles. The summed E-state index contributed by atoms with van der Waals surface area (Å²) in [4.78, 5) is 7.25. The minimum atomic E-state index is -0.877.